The summed E-state index contributed by atoms with van der Waals surface area (Å²) in [5.74, 6) is 0.250. The highest BCUT2D eigenvalue weighted by Gasteiger charge is 2.45. The van der Waals surface area contributed by atoms with E-state index in [1.807, 2.05) is 0 Å². The average Bonchev–Trinajstić information content (AvgIpc) is 3.73. The third-order valence-electron chi connectivity index (χ3n) is 14.0. The van der Waals surface area contributed by atoms with Crippen molar-refractivity contribution in [1.82, 2.24) is 4.57 Å². The van der Waals surface area contributed by atoms with Crippen LogP contribution < -0.4 is 0 Å². The van der Waals surface area contributed by atoms with E-state index in [1.54, 1.807) is 0 Å². The number of hydrogen-bond acceptors (Lipinski definition) is 0. The maximum absolute atomic E-state index is 2.50. The Morgan fingerprint density at radius 2 is 0.785 bits per heavy atom. The third-order valence-corrected chi connectivity index (χ3v) is 14.0. The molecule has 0 bridgehead atoms. The van der Waals surface area contributed by atoms with E-state index in [0.29, 0.717) is 0 Å². The highest BCUT2D eigenvalue weighted by atomic mass is 15.0. The first-order valence-electron chi connectivity index (χ1n) is 22.9. The predicted octanol–water partition coefficient (Wildman–Crippen LogP) is 16.2. The fourth-order valence-electron chi connectivity index (χ4n) is 10.9. The molecule has 12 rings (SSSR count). The van der Waals surface area contributed by atoms with Gasteiger partial charge < -0.3 is 4.57 Å². The zero-order chi connectivity index (χ0) is 43.2. The second-order valence-corrected chi connectivity index (χ2v) is 17.5. The van der Waals surface area contributed by atoms with Crippen LogP contribution >= 0.6 is 0 Å². The van der Waals surface area contributed by atoms with Gasteiger partial charge in [0.15, 0.2) is 0 Å². The van der Waals surface area contributed by atoms with E-state index in [2.05, 4.69) is 259 Å². The van der Waals surface area contributed by atoms with Gasteiger partial charge >= 0.3 is 0 Å². The summed E-state index contributed by atoms with van der Waals surface area (Å²) in [5, 5.41) is 2.57. The first-order chi connectivity index (χ1) is 32.2. The van der Waals surface area contributed by atoms with Gasteiger partial charge in [-0.3, -0.25) is 0 Å². The van der Waals surface area contributed by atoms with Crippen molar-refractivity contribution in [2.24, 2.45) is 0 Å². The number of hydrogen-bond donors (Lipinski definition) is 0. The van der Waals surface area contributed by atoms with E-state index in [4.69, 9.17) is 0 Å². The van der Waals surface area contributed by atoms with E-state index in [9.17, 15) is 0 Å². The molecule has 1 aliphatic rings. The van der Waals surface area contributed by atoms with Gasteiger partial charge in [0, 0.05) is 16.7 Å². The molecular weight excluding hydrogens is 783 g/mol. The number of fused-ring (bicyclic) bond motifs is 5. The summed E-state index contributed by atoms with van der Waals surface area (Å²) in [6.45, 7) is 0. The lowest BCUT2D eigenvalue weighted by atomic mass is 9.63. The lowest BCUT2D eigenvalue weighted by Gasteiger charge is -2.41. The predicted molar refractivity (Wildman–Crippen MR) is 272 cm³/mol. The summed E-state index contributed by atoms with van der Waals surface area (Å²) >= 11 is 0. The van der Waals surface area contributed by atoms with Crippen LogP contribution in [0.5, 0.6) is 0 Å². The van der Waals surface area contributed by atoms with Gasteiger partial charge in [0.25, 0.3) is 0 Å². The highest BCUT2D eigenvalue weighted by molar-refractivity contribution is 6.12. The van der Waals surface area contributed by atoms with Gasteiger partial charge in [-0.05, 0) is 97.3 Å². The van der Waals surface area contributed by atoms with Crippen molar-refractivity contribution in [3.05, 3.63) is 294 Å². The summed E-state index contributed by atoms with van der Waals surface area (Å²) in [5.41, 5.74) is 19.8. The molecular formula is C64H47N. The standard InChI is InChI=1S/C64H47N/c1-4-15-46(16-5-1)48-30-27-45(28-31-48)29-44-56(52-36-32-49(33-37-52)47-17-6-2-7-18-47)53-38-34-50(35-39-53)51-40-42-55(43-41-51)64(54-19-8-3-9-20-54)59-23-11-13-26-62(59)65-61-25-12-10-21-57(61)58-22-14-24-60(64)63(58)65/h1-28,30-43,56H,29,44H2. The SMILES string of the molecule is c1ccc(-c2ccc(CCC(c3ccc(-c4ccccc4)cc3)c3ccc(-c4ccc(C5(c6ccccc6)c6ccccc6-n6c7ccccc7c7cccc5c76)cc4)cc3)cc2)cc1. The molecule has 11 aromatic rings. The summed E-state index contributed by atoms with van der Waals surface area (Å²) < 4.78 is 2.50. The van der Waals surface area contributed by atoms with E-state index in [1.165, 1.54) is 99.8 Å². The van der Waals surface area contributed by atoms with Gasteiger partial charge in [-0.15, -0.1) is 0 Å². The molecule has 1 aromatic heterocycles. The van der Waals surface area contributed by atoms with Crippen molar-refractivity contribution >= 4 is 21.8 Å². The Bertz CT molecular complexity index is 3420. The van der Waals surface area contributed by atoms with Crippen LogP contribution in [0.2, 0.25) is 0 Å². The number of aromatic nitrogens is 1. The maximum atomic E-state index is 2.50. The van der Waals surface area contributed by atoms with Gasteiger partial charge in [-0.25, -0.2) is 0 Å². The topological polar surface area (TPSA) is 4.93 Å². The molecule has 2 unspecified atom stereocenters. The first kappa shape index (κ1) is 38.7. The molecule has 2 atom stereocenters. The van der Waals surface area contributed by atoms with Crippen LogP contribution in [0, 0.1) is 0 Å². The number of rotatable bonds is 10. The normalized spacial score (nSPS) is 14.6. The van der Waals surface area contributed by atoms with Crippen LogP contribution in [0.15, 0.2) is 255 Å². The van der Waals surface area contributed by atoms with E-state index < -0.39 is 5.41 Å². The van der Waals surface area contributed by atoms with Crippen molar-refractivity contribution in [2.75, 3.05) is 0 Å². The van der Waals surface area contributed by atoms with Crippen LogP contribution in [-0.4, -0.2) is 4.57 Å². The number of nitrogens with zero attached hydrogens (tertiary/aromatic N) is 1. The Morgan fingerprint density at radius 3 is 1.40 bits per heavy atom. The molecule has 0 radical (unpaired) electrons. The molecule has 1 nitrogen and oxygen atoms in total. The second kappa shape index (κ2) is 16.3. The average molecular weight is 830 g/mol. The number of benzene rings is 10. The quantitative estimate of drug-likeness (QED) is 0.129. The lowest BCUT2D eigenvalue weighted by molar-refractivity contribution is 0.715. The van der Waals surface area contributed by atoms with Gasteiger partial charge in [0.1, 0.15) is 0 Å². The van der Waals surface area contributed by atoms with Crippen molar-refractivity contribution in [1.29, 1.82) is 0 Å². The zero-order valence-electron chi connectivity index (χ0n) is 36.2. The molecule has 0 fully saturated rings. The minimum absolute atomic E-state index is 0.250. The Hall–Kier alpha value is -8.00. The van der Waals surface area contributed by atoms with Gasteiger partial charge in [0.2, 0.25) is 0 Å². The number of para-hydroxylation sites is 3. The Balaban J connectivity index is 0.904. The van der Waals surface area contributed by atoms with Crippen LogP contribution in [0.3, 0.4) is 0 Å². The molecule has 308 valence electrons. The second-order valence-electron chi connectivity index (χ2n) is 17.5. The summed E-state index contributed by atoms with van der Waals surface area (Å²) in [4.78, 5) is 0. The zero-order valence-corrected chi connectivity index (χ0v) is 36.2. The molecule has 2 heterocycles. The molecule has 1 aliphatic heterocycles. The molecule has 10 aromatic carbocycles. The molecule has 1 heteroatoms. The van der Waals surface area contributed by atoms with Crippen molar-refractivity contribution in [3.63, 3.8) is 0 Å². The fourth-order valence-corrected chi connectivity index (χ4v) is 10.9. The largest absolute Gasteiger partial charge is 0.309 e. The van der Waals surface area contributed by atoms with Crippen LogP contribution in [0.4, 0.5) is 0 Å². The first-order valence-corrected chi connectivity index (χ1v) is 22.9. The minimum atomic E-state index is -0.519. The fraction of sp³-hybridized carbons (Fsp3) is 0.0625. The maximum Gasteiger partial charge on any atom is 0.0742 e. The van der Waals surface area contributed by atoms with E-state index in [0.717, 1.165) is 12.8 Å². The van der Waals surface area contributed by atoms with Crippen molar-refractivity contribution < 1.29 is 0 Å². The Morgan fingerprint density at radius 1 is 0.338 bits per heavy atom. The summed E-state index contributed by atoms with van der Waals surface area (Å²) in [6.07, 6.45) is 2.00. The molecule has 0 saturated heterocycles. The summed E-state index contributed by atoms with van der Waals surface area (Å²) in [6, 6.07) is 94.4. The molecule has 0 aliphatic carbocycles. The van der Waals surface area contributed by atoms with Crippen LogP contribution in [0.25, 0.3) is 60.9 Å². The van der Waals surface area contributed by atoms with Crippen molar-refractivity contribution in [3.8, 4) is 39.1 Å². The Labute approximate surface area is 381 Å². The van der Waals surface area contributed by atoms with Gasteiger partial charge in [0.05, 0.1) is 22.1 Å². The summed E-state index contributed by atoms with van der Waals surface area (Å²) in [7, 11) is 0. The van der Waals surface area contributed by atoms with Crippen LogP contribution in [0.1, 0.15) is 51.3 Å². The smallest absolute Gasteiger partial charge is 0.0742 e. The van der Waals surface area contributed by atoms with E-state index >= 15 is 0 Å². The van der Waals surface area contributed by atoms with E-state index in [-0.39, 0.29) is 5.92 Å². The monoisotopic (exact) mass is 829 g/mol. The molecule has 0 amide bonds. The van der Waals surface area contributed by atoms with Gasteiger partial charge in [-0.2, -0.15) is 0 Å². The molecule has 0 saturated carbocycles. The molecule has 0 spiro atoms. The third kappa shape index (κ3) is 6.62. The lowest BCUT2D eigenvalue weighted by Crippen LogP contribution is -2.35. The Kier molecular flexibility index (Phi) is 9.68. The van der Waals surface area contributed by atoms with Crippen molar-refractivity contribution in [2.45, 2.75) is 24.2 Å². The highest BCUT2D eigenvalue weighted by Crippen LogP contribution is 2.54. The van der Waals surface area contributed by atoms with Gasteiger partial charge in [-0.1, -0.05) is 243 Å². The molecule has 65 heavy (non-hydrogen) atoms. The number of aryl methyl sites for hydroxylation is 1. The molecule has 0 N–H and O–H groups in total. The minimum Gasteiger partial charge on any atom is -0.309 e. The van der Waals surface area contributed by atoms with Crippen LogP contribution in [-0.2, 0) is 11.8 Å².